The lowest BCUT2D eigenvalue weighted by Crippen LogP contribution is -2.60. The van der Waals surface area contributed by atoms with E-state index in [1.54, 1.807) is 56.3 Å². The zero-order chi connectivity index (χ0) is 47.5. The molecule has 0 spiro atoms. The summed E-state index contributed by atoms with van der Waals surface area (Å²) < 4.78 is 12.2. The number of carbonyl (C=O) groups is 7. The Balaban J connectivity index is 1.69. The molecule has 0 aromatic heterocycles. The van der Waals surface area contributed by atoms with Crippen molar-refractivity contribution < 1.29 is 48.0 Å². The largest absolute Gasteiger partial charge is 0.508 e. The first-order valence-corrected chi connectivity index (χ1v) is 23.7. The van der Waals surface area contributed by atoms with Crippen molar-refractivity contribution in [3.8, 4) is 5.75 Å². The van der Waals surface area contributed by atoms with Gasteiger partial charge in [-0.3, -0.25) is 28.2 Å². The zero-order valence-electron chi connectivity index (χ0n) is 37.4. The van der Waals surface area contributed by atoms with Crippen molar-refractivity contribution in [1.82, 2.24) is 36.8 Å². The summed E-state index contributed by atoms with van der Waals surface area (Å²) in [5.41, 5.74) is 2.32. The predicted molar refractivity (Wildman–Crippen MR) is 246 cm³/mol. The van der Waals surface area contributed by atoms with E-state index < -0.39 is 94.5 Å². The van der Waals surface area contributed by atoms with E-state index in [4.69, 9.17) is 0 Å². The van der Waals surface area contributed by atoms with Crippen LogP contribution in [-0.4, -0.2) is 123 Å². The van der Waals surface area contributed by atoms with Gasteiger partial charge in [0.1, 0.15) is 42.0 Å². The Hall–Kier alpha value is -6.30. The van der Waals surface area contributed by atoms with Crippen LogP contribution in [0.2, 0.25) is 0 Å². The number of benzene rings is 3. The second-order valence-corrected chi connectivity index (χ2v) is 18.2. The Morgan fingerprint density at radius 1 is 0.754 bits per heavy atom. The van der Waals surface area contributed by atoms with Crippen LogP contribution >= 0.6 is 0 Å². The molecule has 4 rings (SSSR count). The van der Waals surface area contributed by atoms with E-state index in [2.05, 4.69) is 31.9 Å². The van der Waals surface area contributed by atoms with E-state index in [9.17, 15) is 48.0 Å². The third-order valence-corrected chi connectivity index (χ3v) is 12.1. The number of likely N-dealkylation sites (N-methyl/N-ethyl adjacent to an activating group) is 1. The summed E-state index contributed by atoms with van der Waals surface area (Å²) >= 11 is 0. The van der Waals surface area contributed by atoms with Gasteiger partial charge in [0, 0.05) is 42.8 Å². The number of urea groups is 1. The third-order valence-electron chi connectivity index (χ3n) is 11.2. The number of phenolic OH excluding ortho intramolecular Hbond substituents is 1. The van der Waals surface area contributed by atoms with Crippen molar-refractivity contribution in [2.75, 3.05) is 25.6 Å². The van der Waals surface area contributed by atoms with Gasteiger partial charge in [0.2, 0.25) is 29.5 Å². The van der Waals surface area contributed by atoms with Crippen molar-refractivity contribution in [3.05, 3.63) is 102 Å². The lowest BCUT2D eigenvalue weighted by molar-refractivity contribution is -0.143. The first-order valence-electron chi connectivity index (χ1n) is 21.9. The molecule has 352 valence electrons. The molecule has 0 aliphatic carbocycles. The van der Waals surface area contributed by atoms with Gasteiger partial charge < -0.3 is 47.0 Å². The SMILES string of the molecule is CC(C)C1NC(=O)C(NC(=O)N[C@@H](Cc2ccccc2)C(=O)O)CCCCNC(=O)[C@H](CCS(C)=O)NC(=O)[C@H](CCc2ccc(O)cc2)N(C)C(=O)C(CCc2ccccc2)NC1=O. The van der Waals surface area contributed by atoms with E-state index in [1.165, 1.54) is 30.3 Å². The Kier molecular flexibility index (Phi) is 20.4. The van der Waals surface area contributed by atoms with Crippen molar-refractivity contribution in [2.45, 2.75) is 108 Å². The molecule has 17 nitrogen and oxygen atoms in total. The van der Waals surface area contributed by atoms with Gasteiger partial charge in [0.15, 0.2) is 0 Å². The smallest absolute Gasteiger partial charge is 0.326 e. The minimum atomic E-state index is -1.33. The number of aryl methyl sites for hydroxylation is 2. The number of hydrogen-bond donors (Lipinski definition) is 8. The fourth-order valence-corrected chi connectivity index (χ4v) is 8.00. The summed E-state index contributed by atoms with van der Waals surface area (Å²) in [7, 11) is 0.133. The lowest BCUT2D eigenvalue weighted by atomic mass is 9.98. The maximum absolute atomic E-state index is 14.7. The average molecular weight is 918 g/mol. The van der Waals surface area contributed by atoms with E-state index in [0.29, 0.717) is 24.8 Å². The topological polar surface area (TPSA) is 252 Å². The van der Waals surface area contributed by atoms with Gasteiger partial charge in [-0.1, -0.05) is 86.6 Å². The standard InChI is InChI=1S/C47H63N7O10S/c1-30(2)40-44(59)50-37(24-20-31-13-7-5-8-14-31)45(60)54(3)39(25-21-32-18-22-34(55)23-19-32)43(58)49-36(26-28-65(4)64)41(56)48-27-12-11-17-35(42(57)53-40)51-47(63)52-38(46(61)62)29-33-15-9-6-10-16-33/h5-10,13-16,18-19,22-23,30,35-40,55H,11-12,17,20-21,24-29H2,1-4H3,(H,48,56)(H,49,58)(H,50,59)(H,53,57)(H,61,62)(H2,51,52,63)/t35?,36-,37?,38-,39-,40?,65?/m0/s1. The van der Waals surface area contributed by atoms with Gasteiger partial charge in [-0.25, -0.2) is 9.59 Å². The van der Waals surface area contributed by atoms with Crippen LogP contribution in [0, 0.1) is 5.92 Å². The summed E-state index contributed by atoms with van der Waals surface area (Å²) in [6.45, 7) is 3.52. The van der Waals surface area contributed by atoms with Crippen LogP contribution in [-0.2, 0) is 58.8 Å². The molecule has 1 aliphatic rings. The van der Waals surface area contributed by atoms with E-state index in [1.807, 2.05) is 30.3 Å². The number of rotatable bonds is 15. The molecular formula is C47H63N7O10S. The molecule has 7 amide bonds. The minimum Gasteiger partial charge on any atom is -0.508 e. The van der Waals surface area contributed by atoms with Gasteiger partial charge >= 0.3 is 12.0 Å². The van der Waals surface area contributed by atoms with Crippen LogP contribution in [0.25, 0.3) is 0 Å². The van der Waals surface area contributed by atoms with Crippen LogP contribution in [0.4, 0.5) is 4.79 Å². The molecule has 8 N–H and O–H groups in total. The van der Waals surface area contributed by atoms with Gasteiger partial charge in [-0.05, 0) is 86.1 Å². The Morgan fingerprint density at radius 3 is 1.97 bits per heavy atom. The summed E-state index contributed by atoms with van der Waals surface area (Å²) in [4.78, 5) is 97.9. The normalized spacial score (nSPS) is 21.6. The first-order chi connectivity index (χ1) is 31.0. The van der Waals surface area contributed by atoms with Gasteiger partial charge in [0.05, 0.1) is 0 Å². The molecule has 1 aliphatic heterocycles. The summed E-state index contributed by atoms with van der Waals surface area (Å²) in [5.74, 6) is -4.86. The van der Waals surface area contributed by atoms with Crippen molar-refractivity contribution in [1.29, 1.82) is 0 Å². The number of carboxylic acids is 1. The number of nitrogens with one attached hydrogen (secondary N) is 6. The van der Waals surface area contributed by atoms with Crippen LogP contribution in [0.3, 0.4) is 0 Å². The monoisotopic (exact) mass is 917 g/mol. The maximum atomic E-state index is 14.7. The number of carboxylic acid groups (broad SMARTS) is 1. The van der Waals surface area contributed by atoms with E-state index in [-0.39, 0.29) is 56.6 Å². The molecule has 0 radical (unpaired) electrons. The number of amides is 7. The first kappa shape index (κ1) is 51.3. The molecule has 18 heteroatoms. The quantitative estimate of drug-likeness (QED) is 0.111. The number of phenols is 1. The summed E-state index contributed by atoms with van der Waals surface area (Å²) in [5, 5.41) is 36.0. The van der Waals surface area contributed by atoms with E-state index in [0.717, 1.165) is 11.1 Å². The molecule has 0 bridgehead atoms. The summed E-state index contributed by atoms with van der Waals surface area (Å²) in [6.07, 6.45) is 2.96. The molecule has 65 heavy (non-hydrogen) atoms. The highest BCUT2D eigenvalue weighted by atomic mass is 32.2. The number of hydrogen-bond acceptors (Lipinski definition) is 9. The Labute approximate surface area is 382 Å². The van der Waals surface area contributed by atoms with Crippen LogP contribution < -0.4 is 31.9 Å². The minimum absolute atomic E-state index is 0.0239. The zero-order valence-corrected chi connectivity index (χ0v) is 38.2. The average Bonchev–Trinajstić information content (AvgIpc) is 3.27. The molecule has 1 fully saturated rings. The molecule has 0 saturated carbocycles. The van der Waals surface area contributed by atoms with Crippen molar-refractivity contribution in [3.63, 3.8) is 0 Å². The van der Waals surface area contributed by atoms with Crippen LogP contribution in [0.1, 0.15) is 69.1 Å². The van der Waals surface area contributed by atoms with Crippen LogP contribution in [0.5, 0.6) is 5.75 Å². The second kappa shape index (κ2) is 25.9. The number of aliphatic carboxylic acids is 1. The second-order valence-electron chi connectivity index (χ2n) is 16.7. The molecular weight excluding hydrogens is 855 g/mol. The number of aromatic hydroxyl groups is 1. The van der Waals surface area contributed by atoms with Crippen molar-refractivity contribution in [2.24, 2.45) is 5.92 Å². The van der Waals surface area contributed by atoms with E-state index >= 15 is 0 Å². The highest BCUT2D eigenvalue weighted by molar-refractivity contribution is 7.84. The molecule has 4 unspecified atom stereocenters. The molecule has 3 aromatic rings. The third kappa shape index (κ3) is 17.0. The fraction of sp³-hybridized carbons (Fsp3) is 0.468. The molecule has 1 heterocycles. The molecule has 3 aromatic carbocycles. The lowest BCUT2D eigenvalue weighted by Gasteiger charge is -2.33. The fourth-order valence-electron chi connectivity index (χ4n) is 7.44. The van der Waals surface area contributed by atoms with Gasteiger partial charge in [-0.2, -0.15) is 0 Å². The highest BCUT2D eigenvalue weighted by Crippen LogP contribution is 2.18. The number of nitrogens with zero attached hydrogens (tertiary/aromatic N) is 1. The van der Waals surface area contributed by atoms with Crippen LogP contribution in [0.15, 0.2) is 84.9 Å². The summed E-state index contributed by atoms with van der Waals surface area (Å²) in [6, 6.07) is 16.2. The van der Waals surface area contributed by atoms with Gasteiger partial charge in [-0.15, -0.1) is 0 Å². The number of carbonyl (C=O) groups excluding carboxylic acids is 6. The van der Waals surface area contributed by atoms with Crippen molar-refractivity contribution >= 4 is 52.3 Å². The maximum Gasteiger partial charge on any atom is 0.326 e. The highest BCUT2D eigenvalue weighted by Gasteiger charge is 2.36. The predicted octanol–water partition coefficient (Wildman–Crippen LogP) is 2.33. The van der Waals surface area contributed by atoms with Gasteiger partial charge in [0.25, 0.3) is 0 Å². The Bertz CT molecular complexity index is 2090. The Morgan fingerprint density at radius 2 is 1.35 bits per heavy atom. The molecule has 1 saturated heterocycles. The molecule has 7 atom stereocenters.